The molecular weight excluding hydrogens is 356 g/mol. The van der Waals surface area contributed by atoms with Crippen molar-refractivity contribution in [3.63, 3.8) is 0 Å². The lowest BCUT2D eigenvalue weighted by molar-refractivity contribution is 0.564. The standard InChI is InChI=1S/C15H16BrClN2S/c1-15(2,3)12-8-13(17)19-14(18-12)9-20-11-6-4-5-10(16)7-11/h4-8H,9H2,1-3H3. The predicted octanol–water partition coefficient (Wildman–Crippen LogP) is 5.48. The molecule has 2 rings (SSSR count). The topological polar surface area (TPSA) is 25.8 Å². The average Bonchev–Trinajstić information content (AvgIpc) is 2.35. The lowest BCUT2D eigenvalue weighted by Gasteiger charge is -2.18. The van der Waals surface area contributed by atoms with Crippen LogP contribution in [0.25, 0.3) is 0 Å². The first-order valence-corrected chi connectivity index (χ1v) is 8.42. The summed E-state index contributed by atoms with van der Waals surface area (Å²) in [6.45, 7) is 6.37. The number of halogens is 2. The van der Waals surface area contributed by atoms with E-state index in [1.807, 2.05) is 18.2 Å². The van der Waals surface area contributed by atoms with Gasteiger partial charge in [0, 0.05) is 14.8 Å². The summed E-state index contributed by atoms with van der Waals surface area (Å²) in [6.07, 6.45) is 0. The molecule has 2 nitrogen and oxygen atoms in total. The van der Waals surface area contributed by atoms with E-state index in [9.17, 15) is 0 Å². The monoisotopic (exact) mass is 370 g/mol. The van der Waals surface area contributed by atoms with Crippen molar-refractivity contribution in [1.29, 1.82) is 0 Å². The van der Waals surface area contributed by atoms with Crippen molar-refractivity contribution in [3.05, 3.63) is 51.5 Å². The molecule has 0 N–H and O–H groups in total. The van der Waals surface area contributed by atoms with E-state index in [4.69, 9.17) is 11.6 Å². The molecule has 1 heterocycles. The van der Waals surface area contributed by atoms with Crippen molar-refractivity contribution in [2.45, 2.75) is 36.8 Å². The largest absolute Gasteiger partial charge is 0.236 e. The van der Waals surface area contributed by atoms with Crippen LogP contribution in [-0.2, 0) is 11.2 Å². The van der Waals surface area contributed by atoms with Gasteiger partial charge >= 0.3 is 0 Å². The molecule has 0 spiro atoms. The van der Waals surface area contributed by atoms with Gasteiger partial charge in [-0.25, -0.2) is 9.97 Å². The maximum absolute atomic E-state index is 6.10. The highest BCUT2D eigenvalue weighted by Gasteiger charge is 2.17. The van der Waals surface area contributed by atoms with E-state index < -0.39 is 0 Å². The van der Waals surface area contributed by atoms with E-state index in [-0.39, 0.29) is 5.41 Å². The van der Waals surface area contributed by atoms with Crippen LogP contribution in [0, 0.1) is 0 Å². The van der Waals surface area contributed by atoms with Crippen LogP contribution in [0.4, 0.5) is 0 Å². The molecule has 106 valence electrons. The van der Waals surface area contributed by atoms with E-state index in [1.54, 1.807) is 11.8 Å². The first-order chi connectivity index (χ1) is 9.34. The second-order valence-electron chi connectivity index (χ2n) is 5.49. The summed E-state index contributed by atoms with van der Waals surface area (Å²) in [5.74, 6) is 1.48. The molecule has 0 fully saturated rings. The Hall–Kier alpha value is -0.580. The summed E-state index contributed by atoms with van der Waals surface area (Å²) in [5.41, 5.74) is 0.948. The quantitative estimate of drug-likeness (QED) is 0.527. The average molecular weight is 372 g/mol. The fraction of sp³-hybridized carbons (Fsp3) is 0.333. The van der Waals surface area contributed by atoms with Gasteiger partial charge in [-0.3, -0.25) is 0 Å². The number of benzene rings is 1. The smallest absolute Gasteiger partial charge is 0.140 e. The van der Waals surface area contributed by atoms with E-state index in [0.29, 0.717) is 10.9 Å². The molecular formula is C15H16BrClN2S. The number of hydrogen-bond donors (Lipinski definition) is 0. The number of nitrogens with zero attached hydrogens (tertiary/aromatic N) is 2. The molecule has 1 aromatic carbocycles. The van der Waals surface area contributed by atoms with Crippen LogP contribution in [0.2, 0.25) is 5.15 Å². The minimum Gasteiger partial charge on any atom is -0.236 e. The zero-order valence-corrected chi connectivity index (χ0v) is 14.8. The molecule has 0 saturated carbocycles. The Morgan fingerprint density at radius 2 is 1.95 bits per heavy atom. The number of rotatable bonds is 3. The molecule has 0 unspecified atom stereocenters. The maximum atomic E-state index is 6.10. The zero-order chi connectivity index (χ0) is 14.8. The lowest BCUT2D eigenvalue weighted by atomic mass is 9.92. The van der Waals surface area contributed by atoms with Gasteiger partial charge in [-0.2, -0.15) is 0 Å². The normalized spacial score (nSPS) is 11.7. The first-order valence-electron chi connectivity index (χ1n) is 6.27. The van der Waals surface area contributed by atoms with Crippen molar-refractivity contribution in [2.75, 3.05) is 0 Å². The molecule has 0 aliphatic heterocycles. The second-order valence-corrected chi connectivity index (χ2v) is 7.84. The molecule has 0 atom stereocenters. The van der Waals surface area contributed by atoms with Crippen molar-refractivity contribution in [1.82, 2.24) is 9.97 Å². The van der Waals surface area contributed by atoms with Gasteiger partial charge in [0.1, 0.15) is 11.0 Å². The molecule has 20 heavy (non-hydrogen) atoms. The molecule has 1 aromatic heterocycles. The summed E-state index contributed by atoms with van der Waals surface area (Å²) < 4.78 is 1.07. The minimum atomic E-state index is -0.0260. The fourth-order valence-corrected chi connectivity index (χ4v) is 3.18. The molecule has 2 aromatic rings. The highest BCUT2D eigenvalue weighted by atomic mass is 79.9. The predicted molar refractivity (Wildman–Crippen MR) is 89.4 cm³/mol. The Kier molecular flexibility index (Phi) is 5.10. The lowest BCUT2D eigenvalue weighted by Crippen LogP contribution is -2.15. The molecule has 0 radical (unpaired) electrons. The minimum absolute atomic E-state index is 0.0260. The highest BCUT2D eigenvalue weighted by molar-refractivity contribution is 9.10. The van der Waals surface area contributed by atoms with Gasteiger partial charge < -0.3 is 0 Å². The van der Waals surface area contributed by atoms with Crippen molar-refractivity contribution < 1.29 is 0 Å². The van der Waals surface area contributed by atoms with Gasteiger partial charge in [-0.15, -0.1) is 11.8 Å². The van der Waals surface area contributed by atoms with E-state index in [0.717, 1.165) is 16.0 Å². The van der Waals surface area contributed by atoms with Crippen LogP contribution >= 0.6 is 39.3 Å². The Bertz CT molecular complexity index is 611. The van der Waals surface area contributed by atoms with Gasteiger partial charge in [0.05, 0.1) is 11.4 Å². The first kappa shape index (κ1) is 15.8. The summed E-state index contributed by atoms with van der Waals surface area (Å²) in [6, 6.07) is 10.0. The van der Waals surface area contributed by atoms with Crippen LogP contribution in [-0.4, -0.2) is 9.97 Å². The van der Waals surface area contributed by atoms with Crippen LogP contribution in [0.15, 0.2) is 39.7 Å². The Morgan fingerprint density at radius 1 is 1.20 bits per heavy atom. The third kappa shape index (κ3) is 4.47. The summed E-state index contributed by atoms with van der Waals surface area (Å²) in [5, 5.41) is 0.509. The van der Waals surface area contributed by atoms with Gasteiger partial charge in [0.2, 0.25) is 0 Å². The molecule has 0 amide bonds. The maximum Gasteiger partial charge on any atom is 0.140 e. The molecule has 0 aliphatic carbocycles. The van der Waals surface area contributed by atoms with Gasteiger partial charge in [-0.05, 0) is 24.3 Å². The van der Waals surface area contributed by atoms with Gasteiger partial charge in [-0.1, -0.05) is 54.4 Å². The number of aromatic nitrogens is 2. The van der Waals surface area contributed by atoms with E-state index >= 15 is 0 Å². The van der Waals surface area contributed by atoms with Crippen molar-refractivity contribution in [3.8, 4) is 0 Å². The fourth-order valence-electron chi connectivity index (χ4n) is 1.62. The van der Waals surface area contributed by atoms with Gasteiger partial charge in [0.25, 0.3) is 0 Å². The number of thioether (sulfide) groups is 1. The Labute approximate surface area is 137 Å². The van der Waals surface area contributed by atoms with Crippen LogP contribution in [0.3, 0.4) is 0 Å². The van der Waals surface area contributed by atoms with Crippen LogP contribution in [0.5, 0.6) is 0 Å². The third-order valence-electron chi connectivity index (χ3n) is 2.67. The zero-order valence-electron chi connectivity index (χ0n) is 11.7. The summed E-state index contributed by atoms with van der Waals surface area (Å²) in [7, 11) is 0. The molecule has 5 heteroatoms. The highest BCUT2D eigenvalue weighted by Crippen LogP contribution is 2.27. The van der Waals surface area contributed by atoms with E-state index in [2.05, 4.69) is 58.8 Å². The SMILES string of the molecule is CC(C)(C)c1cc(Cl)nc(CSc2cccc(Br)c2)n1. The second kappa shape index (κ2) is 6.46. The molecule has 0 aliphatic rings. The third-order valence-corrected chi connectivity index (χ3v) is 4.35. The Morgan fingerprint density at radius 3 is 2.60 bits per heavy atom. The van der Waals surface area contributed by atoms with Crippen molar-refractivity contribution >= 4 is 39.3 Å². The van der Waals surface area contributed by atoms with E-state index in [1.165, 1.54) is 4.90 Å². The summed E-state index contributed by atoms with van der Waals surface area (Å²) in [4.78, 5) is 10.1. The molecule has 0 bridgehead atoms. The van der Waals surface area contributed by atoms with Gasteiger partial charge in [0.15, 0.2) is 0 Å². The number of hydrogen-bond acceptors (Lipinski definition) is 3. The van der Waals surface area contributed by atoms with Crippen LogP contribution < -0.4 is 0 Å². The Balaban J connectivity index is 2.16. The summed E-state index contributed by atoms with van der Waals surface area (Å²) >= 11 is 11.3. The van der Waals surface area contributed by atoms with Crippen LogP contribution in [0.1, 0.15) is 32.3 Å². The van der Waals surface area contributed by atoms with Crippen molar-refractivity contribution in [2.24, 2.45) is 0 Å². The molecule has 0 saturated heterocycles.